The molecule has 0 amide bonds. The lowest BCUT2D eigenvalue weighted by molar-refractivity contribution is 0.261. The zero-order chi connectivity index (χ0) is 22.5. The Labute approximate surface area is 189 Å². The van der Waals surface area contributed by atoms with Crippen molar-refractivity contribution in [2.24, 2.45) is 12.0 Å². The molecule has 7 nitrogen and oxygen atoms in total. The van der Waals surface area contributed by atoms with E-state index in [1.54, 1.807) is 0 Å². The van der Waals surface area contributed by atoms with Crippen molar-refractivity contribution in [1.82, 2.24) is 25.4 Å². The van der Waals surface area contributed by atoms with E-state index < -0.39 is 0 Å². The molecule has 0 radical (unpaired) electrons. The third kappa shape index (κ3) is 5.28. The second-order valence-corrected chi connectivity index (χ2v) is 8.43. The molecule has 1 unspecified atom stereocenters. The average molecular weight is 433 g/mol. The first kappa shape index (κ1) is 21.9. The molecule has 4 rings (SSSR count). The largest absolute Gasteiger partial charge is 0.493 e. The van der Waals surface area contributed by atoms with E-state index in [0.29, 0.717) is 13.2 Å². The molecule has 1 aliphatic rings. The number of aryl methyl sites for hydroxylation is 3. The zero-order valence-electron chi connectivity index (χ0n) is 19.4. The van der Waals surface area contributed by atoms with Crippen LogP contribution >= 0.6 is 0 Å². The predicted molar refractivity (Wildman–Crippen MR) is 127 cm³/mol. The van der Waals surface area contributed by atoms with Gasteiger partial charge in [-0.2, -0.15) is 0 Å². The van der Waals surface area contributed by atoms with Gasteiger partial charge in [0.15, 0.2) is 11.8 Å². The van der Waals surface area contributed by atoms with Gasteiger partial charge in [-0.1, -0.05) is 47.5 Å². The van der Waals surface area contributed by atoms with Crippen LogP contribution < -0.4 is 15.4 Å². The van der Waals surface area contributed by atoms with Gasteiger partial charge in [0.1, 0.15) is 18.1 Å². The van der Waals surface area contributed by atoms with E-state index >= 15 is 0 Å². The Morgan fingerprint density at radius 2 is 1.91 bits per heavy atom. The minimum atomic E-state index is 0.147. The molecule has 1 aromatic heterocycles. The van der Waals surface area contributed by atoms with Gasteiger partial charge in [0, 0.05) is 25.6 Å². The highest BCUT2D eigenvalue weighted by molar-refractivity contribution is 5.80. The number of ether oxygens (including phenoxy) is 1. The minimum Gasteiger partial charge on any atom is -0.493 e. The summed E-state index contributed by atoms with van der Waals surface area (Å²) in [5.41, 5.74) is 5.08. The number of hydrogen-bond acceptors (Lipinski definition) is 4. The number of guanidine groups is 1. The van der Waals surface area contributed by atoms with E-state index in [2.05, 4.69) is 65.0 Å². The molecule has 7 heteroatoms. The van der Waals surface area contributed by atoms with E-state index in [0.717, 1.165) is 48.3 Å². The highest BCUT2D eigenvalue weighted by Gasteiger charge is 2.22. The third-order valence-electron chi connectivity index (χ3n) is 5.82. The number of para-hydroxylation sites is 1. The molecule has 0 fully saturated rings. The van der Waals surface area contributed by atoms with Crippen molar-refractivity contribution in [3.05, 3.63) is 76.4 Å². The van der Waals surface area contributed by atoms with Crippen LogP contribution in [0.15, 0.2) is 47.5 Å². The monoisotopic (exact) mass is 432 g/mol. The smallest absolute Gasteiger partial charge is 0.192 e. The van der Waals surface area contributed by atoms with Gasteiger partial charge in [0.2, 0.25) is 0 Å². The summed E-state index contributed by atoms with van der Waals surface area (Å²) in [6.45, 7) is 8.17. The second-order valence-electron chi connectivity index (χ2n) is 8.43. The Morgan fingerprint density at radius 1 is 1.12 bits per heavy atom. The fourth-order valence-electron chi connectivity index (χ4n) is 4.09. The molecule has 2 N–H and O–H groups in total. The molecular formula is C25H32N6O. The Morgan fingerprint density at radius 3 is 2.66 bits per heavy atom. The van der Waals surface area contributed by atoms with Crippen molar-refractivity contribution >= 4 is 5.96 Å². The Hall–Kier alpha value is -3.35. The number of benzene rings is 2. The summed E-state index contributed by atoms with van der Waals surface area (Å²) in [6.07, 6.45) is 1.81. The van der Waals surface area contributed by atoms with Crippen molar-refractivity contribution in [3.8, 4) is 5.75 Å². The standard InChI is InChI=1S/C25H32N6O/c1-17-13-18(2)15-20(14-17)9-11-26-25(27-16-24-30-29-19(3)31(24)4)28-22-10-12-32-23-8-6-5-7-21(22)23/h5-8,13-15,22H,9-12,16H2,1-4H3,(H2,26,27,28). The Bertz CT molecular complexity index is 1080. The van der Waals surface area contributed by atoms with Crippen LogP contribution in [0.3, 0.4) is 0 Å². The highest BCUT2D eigenvalue weighted by atomic mass is 16.5. The van der Waals surface area contributed by atoms with E-state index in [1.165, 1.54) is 16.7 Å². The molecule has 1 aliphatic heterocycles. The van der Waals surface area contributed by atoms with Gasteiger partial charge >= 0.3 is 0 Å². The second kappa shape index (κ2) is 9.85. The van der Waals surface area contributed by atoms with Gasteiger partial charge in [-0.25, -0.2) is 4.99 Å². The van der Waals surface area contributed by atoms with E-state index in [1.807, 2.05) is 30.7 Å². The molecule has 0 bridgehead atoms. The maximum absolute atomic E-state index is 5.82. The lowest BCUT2D eigenvalue weighted by atomic mass is 10.0. The number of nitrogens with one attached hydrogen (secondary N) is 2. The topological polar surface area (TPSA) is 76.4 Å². The summed E-state index contributed by atoms with van der Waals surface area (Å²) >= 11 is 0. The summed E-state index contributed by atoms with van der Waals surface area (Å²) in [6, 6.07) is 15.0. The van der Waals surface area contributed by atoms with Crippen LogP contribution in [-0.4, -0.2) is 33.9 Å². The molecule has 2 heterocycles. The number of fused-ring (bicyclic) bond motifs is 1. The number of nitrogens with zero attached hydrogens (tertiary/aromatic N) is 4. The number of aromatic nitrogens is 3. The van der Waals surface area contributed by atoms with Crippen LogP contribution in [0.4, 0.5) is 0 Å². The van der Waals surface area contributed by atoms with Crippen LogP contribution in [-0.2, 0) is 20.0 Å². The number of rotatable bonds is 6. The Balaban J connectivity index is 1.49. The van der Waals surface area contributed by atoms with Crippen LogP contribution in [0.1, 0.15) is 46.4 Å². The normalized spacial score (nSPS) is 15.8. The van der Waals surface area contributed by atoms with Gasteiger partial charge < -0.3 is 19.9 Å². The van der Waals surface area contributed by atoms with Crippen molar-refractivity contribution in [2.45, 2.75) is 46.2 Å². The third-order valence-corrected chi connectivity index (χ3v) is 5.82. The van der Waals surface area contributed by atoms with Gasteiger partial charge in [-0.3, -0.25) is 0 Å². The highest BCUT2D eigenvalue weighted by Crippen LogP contribution is 2.31. The summed E-state index contributed by atoms with van der Waals surface area (Å²) in [4.78, 5) is 4.83. The molecule has 0 aliphatic carbocycles. The lowest BCUT2D eigenvalue weighted by Crippen LogP contribution is -2.42. The van der Waals surface area contributed by atoms with E-state index in [9.17, 15) is 0 Å². The molecule has 0 saturated carbocycles. The van der Waals surface area contributed by atoms with Crippen LogP contribution in [0.2, 0.25) is 0 Å². The summed E-state index contributed by atoms with van der Waals surface area (Å²) in [5, 5.41) is 15.5. The SMILES string of the molecule is Cc1cc(C)cc(CCNC(=NCc2nnc(C)n2C)NC2CCOc3ccccc32)c1. The fourth-order valence-corrected chi connectivity index (χ4v) is 4.09. The van der Waals surface area contributed by atoms with Gasteiger partial charge in [-0.15, -0.1) is 10.2 Å². The average Bonchev–Trinajstić information content (AvgIpc) is 3.09. The first-order valence-corrected chi connectivity index (χ1v) is 11.2. The summed E-state index contributed by atoms with van der Waals surface area (Å²) in [7, 11) is 1.97. The van der Waals surface area contributed by atoms with Crippen molar-refractivity contribution in [1.29, 1.82) is 0 Å². The van der Waals surface area contributed by atoms with Crippen molar-refractivity contribution < 1.29 is 4.74 Å². The summed E-state index contributed by atoms with van der Waals surface area (Å²) in [5.74, 6) is 3.43. The van der Waals surface area contributed by atoms with Gasteiger partial charge in [0.25, 0.3) is 0 Å². The summed E-state index contributed by atoms with van der Waals surface area (Å²) < 4.78 is 7.80. The molecule has 3 aromatic rings. The molecule has 168 valence electrons. The zero-order valence-corrected chi connectivity index (χ0v) is 19.4. The Kier molecular flexibility index (Phi) is 6.73. The molecule has 0 spiro atoms. The fraction of sp³-hybridized carbons (Fsp3) is 0.400. The predicted octanol–water partition coefficient (Wildman–Crippen LogP) is 3.54. The van der Waals surface area contributed by atoms with E-state index in [-0.39, 0.29) is 6.04 Å². The van der Waals surface area contributed by atoms with Gasteiger partial charge in [-0.05, 0) is 38.8 Å². The van der Waals surface area contributed by atoms with Crippen LogP contribution in [0.5, 0.6) is 5.75 Å². The van der Waals surface area contributed by atoms with E-state index in [4.69, 9.17) is 9.73 Å². The number of hydrogen-bond donors (Lipinski definition) is 2. The number of aliphatic imine (C=N–C) groups is 1. The first-order chi connectivity index (χ1) is 15.5. The molecule has 2 aromatic carbocycles. The molecule has 0 saturated heterocycles. The van der Waals surface area contributed by atoms with Crippen LogP contribution in [0, 0.1) is 20.8 Å². The van der Waals surface area contributed by atoms with Gasteiger partial charge in [0.05, 0.1) is 12.6 Å². The molecular weight excluding hydrogens is 400 g/mol. The molecule has 1 atom stereocenters. The van der Waals surface area contributed by atoms with Crippen molar-refractivity contribution in [3.63, 3.8) is 0 Å². The van der Waals surface area contributed by atoms with Crippen LogP contribution in [0.25, 0.3) is 0 Å². The van der Waals surface area contributed by atoms with Crippen molar-refractivity contribution in [2.75, 3.05) is 13.2 Å². The quantitative estimate of drug-likeness (QED) is 0.460. The minimum absolute atomic E-state index is 0.147. The lowest BCUT2D eigenvalue weighted by Gasteiger charge is -2.28. The maximum Gasteiger partial charge on any atom is 0.192 e. The maximum atomic E-state index is 5.82. The molecule has 32 heavy (non-hydrogen) atoms. The first-order valence-electron chi connectivity index (χ1n) is 11.2.